The molecule has 98 valence electrons. The van der Waals surface area contributed by atoms with Gasteiger partial charge in [0.1, 0.15) is 0 Å². The SMILES string of the molecule is CC/C(C)=C/NC(=O)N(C)C1CCS(=O)(=O)C1. The van der Waals surface area contributed by atoms with Gasteiger partial charge >= 0.3 is 6.03 Å². The van der Waals surface area contributed by atoms with E-state index < -0.39 is 9.84 Å². The first-order chi connectivity index (χ1) is 7.85. The number of hydrogen-bond acceptors (Lipinski definition) is 3. The molecule has 1 saturated heterocycles. The molecule has 0 saturated carbocycles. The van der Waals surface area contributed by atoms with Gasteiger partial charge in [0.15, 0.2) is 9.84 Å². The van der Waals surface area contributed by atoms with Crippen LogP contribution in [0.2, 0.25) is 0 Å². The molecule has 6 heteroatoms. The summed E-state index contributed by atoms with van der Waals surface area (Å²) >= 11 is 0. The van der Waals surface area contributed by atoms with Gasteiger partial charge in [-0.3, -0.25) is 0 Å². The number of hydrogen-bond donors (Lipinski definition) is 1. The molecule has 1 N–H and O–H groups in total. The number of carbonyl (C=O) groups is 1. The van der Waals surface area contributed by atoms with Crippen LogP contribution in [0.5, 0.6) is 0 Å². The zero-order chi connectivity index (χ0) is 13.1. The van der Waals surface area contributed by atoms with Crippen molar-refractivity contribution in [3.8, 4) is 0 Å². The van der Waals surface area contributed by atoms with Gasteiger partial charge in [0.2, 0.25) is 0 Å². The monoisotopic (exact) mass is 260 g/mol. The largest absolute Gasteiger partial charge is 0.324 e. The highest BCUT2D eigenvalue weighted by Gasteiger charge is 2.32. The highest BCUT2D eigenvalue weighted by molar-refractivity contribution is 7.91. The first-order valence-corrected chi connectivity index (χ1v) is 7.57. The van der Waals surface area contributed by atoms with Crippen LogP contribution in [-0.4, -0.2) is 43.9 Å². The Hall–Kier alpha value is -1.04. The van der Waals surface area contributed by atoms with Crippen LogP contribution in [0.3, 0.4) is 0 Å². The van der Waals surface area contributed by atoms with Gasteiger partial charge < -0.3 is 10.2 Å². The van der Waals surface area contributed by atoms with Crippen LogP contribution < -0.4 is 5.32 Å². The Morgan fingerprint density at radius 3 is 2.65 bits per heavy atom. The molecule has 1 atom stereocenters. The van der Waals surface area contributed by atoms with Gasteiger partial charge in [0.05, 0.1) is 11.5 Å². The van der Waals surface area contributed by atoms with Crippen LogP contribution in [0.15, 0.2) is 11.8 Å². The van der Waals surface area contributed by atoms with E-state index in [4.69, 9.17) is 0 Å². The molecule has 0 aromatic carbocycles. The Balaban J connectivity index is 2.54. The van der Waals surface area contributed by atoms with E-state index in [1.807, 2.05) is 13.8 Å². The van der Waals surface area contributed by atoms with Crippen molar-refractivity contribution in [2.75, 3.05) is 18.6 Å². The molecule has 1 heterocycles. The van der Waals surface area contributed by atoms with Crippen molar-refractivity contribution < 1.29 is 13.2 Å². The van der Waals surface area contributed by atoms with Crippen molar-refractivity contribution in [2.45, 2.75) is 32.7 Å². The topological polar surface area (TPSA) is 66.5 Å². The Kier molecular flexibility index (Phi) is 4.56. The number of urea groups is 1. The number of nitrogens with one attached hydrogen (secondary N) is 1. The minimum Gasteiger partial charge on any atom is -0.324 e. The van der Waals surface area contributed by atoms with E-state index in [0.717, 1.165) is 12.0 Å². The number of rotatable bonds is 3. The molecule has 0 aromatic rings. The summed E-state index contributed by atoms with van der Waals surface area (Å²) in [4.78, 5) is 13.2. The molecular formula is C11H20N2O3S. The van der Waals surface area contributed by atoms with Crippen molar-refractivity contribution in [3.63, 3.8) is 0 Å². The molecule has 17 heavy (non-hydrogen) atoms. The predicted octanol–water partition coefficient (Wildman–Crippen LogP) is 1.13. The maximum absolute atomic E-state index is 11.7. The lowest BCUT2D eigenvalue weighted by atomic mass is 10.2. The van der Waals surface area contributed by atoms with Crippen molar-refractivity contribution in [1.29, 1.82) is 0 Å². The molecule has 0 aromatic heterocycles. The third-order valence-electron chi connectivity index (χ3n) is 3.08. The summed E-state index contributed by atoms with van der Waals surface area (Å²) in [6.45, 7) is 3.94. The highest BCUT2D eigenvalue weighted by atomic mass is 32.2. The molecule has 0 radical (unpaired) electrons. The van der Waals surface area contributed by atoms with Crippen molar-refractivity contribution in [3.05, 3.63) is 11.8 Å². The zero-order valence-corrected chi connectivity index (χ0v) is 11.4. The molecule has 0 aliphatic carbocycles. The molecule has 0 spiro atoms. The lowest BCUT2D eigenvalue weighted by molar-refractivity contribution is 0.199. The number of amides is 2. The maximum Gasteiger partial charge on any atom is 0.321 e. The fraction of sp³-hybridized carbons (Fsp3) is 0.727. The molecule has 1 aliphatic heterocycles. The van der Waals surface area contributed by atoms with Gasteiger partial charge in [0.25, 0.3) is 0 Å². The van der Waals surface area contributed by atoms with Crippen molar-refractivity contribution in [2.24, 2.45) is 0 Å². The van der Waals surface area contributed by atoms with Gasteiger partial charge in [0, 0.05) is 19.3 Å². The summed E-state index contributed by atoms with van der Waals surface area (Å²) in [5, 5.41) is 2.67. The normalized spacial score (nSPS) is 23.5. The minimum absolute atomic E-state index is 0.0768. The molecule has 0 bridgehead atoms. The Bertz CT molecular complexity index is 414. The summed E-state index contributed by atoms with van der Waals surface area (Å²) in [6.07, 6.45) is 3.08. The molecule has 1 aliphatic rings. The number of carbonyl (C=O) groups excluding carboxylic acids is 1. The van der Waals surface area contributed by atoms with Gasteiger partial charge in [-0.2, -0.15) is 0 Å². The number of allylic oxidation sites excluding steroid dienone is 1. The summed E-state index contributed by atoms with van der Waals surface area (Å²) < 4.78 is 22.6. The van der Waals surface area contributed by atoms with E-state index in [9.17, 15) is 13.2 Å². The lowest BCUT2D eigenvalue weighted by Crippen LogP contribution is -2.42. The molecule has 1 fully saturated rings. The summed E-state index contributed by atoms with van der Waals surface area (Å²) in [6, 6.07) is -0.449. The Morgan fingerprint density at radius 2 is 2.18 bits per heavy atom. The molecule has 2 amide bonds. The van der Waals surface area contributed by atoms with E-state index in [2.05, 4.69) is 5.32 Å². The molecular weight excluding hydrogens is 240 g/mol. The second kappa shape index (κ2) is 5.53. The van der Waals surface area contributed by atoms with E-state index in [1.165, 1.54) is 4.90 Å². The fourth-order valence-electron chi connectivity index (χ4n) is 1.64. The third kappa shape index (κ3) is 4.03. The summed E-state index contributed by atoms with van der Waals surface area (Å²) in [7, 11) is -1.31. The van der Waals surface area contributed by atoms with Crippen molar-refractivity contribution in [1.82, 2.24) is 10.2 Å². The first kappa shape index (κ1) is 14.0. The van der Waals surface area contributed by atoms with Crippen LogP contribution >= 0.6 is 0 Å². The average Bonchev–Trinajstić information content (AvgIpc) is 2.64. The van der Waals surface area contributed by atoms with Gasteiger partial charge in [-0.05, 0) is 19.8 Å². The highest BCUT2D eigenvalue weighted by Crippen LogP contribution is 2.16. The van der Waals surface area contributed by atoms with Crippen LogP contribution in [0, 0.1) is 0 Å². The third-order valence-corrected chi connectivity index (χ3v) is 4.83. The minimum atomic E-state index is -2.95. The maximum atomic E-state index is 11.7. The van der Waals surface area contributed by atoms with E-state index in [0.29, 0.717) is 6.42 Å². The Labute approximate surface area is 103 Å². The molecule has 5 nitrogen and oxygen atoms in total. The van der Waals surface area contributed by atoms with E-state index in [-0.39, 0.29) is 23.6 Å². The van der Waals surface area contributed by atoms with Crippen LogP contribution in [0.25, 0.3) is 0 Å². The van der Waals surface area contributed by atoms with E-state index >= 15 is 0 Å². The second-order valence-electron chi connectivity index (χ2n) is 4.46. The molecule has 1 rings (SSSR count). The van der Waals surface area contributed by atoms with Gasteiger partial charge in [-0.1, -0.05) is 12.5 Å². The van der Waals surface area contributed by atoms with Crippen LogP contribution in [0.1, 0.15) is 26.7 Å². The predicted molar refractivity (Wildman–Crippen MR) is 67.4 cm³/mol. The quantitative estimate of drug-likeness (QED) is 0.827. The zero-order valence-electron chi connectivity index (χ0n) is 10.6. The first-order valence-electron chi connectivity index (χ1n) is 5.75. The standard InChI is InChI=1S/C11H20N2O3S/c1-4-9(2)7-12-11(14)13(3)10-5-6-17(15,16)8-10/h7,10H,4-6,8H2,1-3H3,(H,12,14)/b9-7+. The number of nitrogens with zero attached hydrogens (tertiary/aromatic N) is 1. The fourth-order valence-corrected chi connectivity index (χ4v) is 3.41. The smallest absolute Gasteiger partial charge is 0.321 e. The van der Waals surface area contributed by atoms with Crippen LogP contribution in [-0.2, 0) is 9.84 Å². The van der Waals surface area contributed by atoms with E-state index in [1.54, 1.807) is 13.2 Å². The summed E-state index contributed by atoms with van der Waals surface area (Å²) in [5.74, 6) is 0.256. The Morgan fingerprint density at radius 1 is 1.53 bits per heavy atom. The summed E-state index contributed by atoms with van der Waals surface area (Å²) in [5.41, 5.74) is 1.07. The lowest BCUT2D eigenvalue weighted by Gasteiger charge is -2.22. The molecule has 1 unspecified atom stereocenters. The average molecular weight is 260 g/mol. The second-order valence-corrected chi connectivity index (χ2v) is 6.69. The van der Waals surface area contributed by atoms with Gasteiger partial charge in [-0.15, -0.1) is 0 Å². The number of sulfone groups is 1. The van der Waals surface area contributed by atoms with Crippen molar-refractivity contribution >= 4 is 15.9 Å². The van der Waals surface area contributed by atoms with Gasteiger partial charge in [-0.25, -0.2) is 13.2 Å². The van der Waals surface area contributed by atoms with Crippen LogP contribution in [0.4, 0.5) is 4.79 Å².